The van der Waals surface area contributed by atoms with Crippen molar-refractivity contribution in [3.05, 3.63) is 0 Å². The molecule has 3 heterocycles. The van der Waals surface area contributed by atoms with Crippen LogP contribution in [0.4, 0.5) is 0 Å². The van der Waals surface area contributed by atoms with E-state index in [9.17, 15) is 9.90 Å². The molecule has 126 valence electrons. The fourth-order valence-corrected chi connectivity index (χ4v) is 5.17. The van der Waals surface area contributed by atoms with Gasteiger partial charge in [0.05, 0.1) is 36.4 Å². The first-order chi connectivity index (χ1) is 10.4. The fraction of sp³-hybridized carbons (Fsp3) is 0.941. The van der Waals surface area contributed by atoms with Crippen LogP contribution in [0.3, 0.4) is 0 Å². The van der Waals surface area contributed by atoms with Crippen molar-refractivity contribution in [1.82, 2.24) is 0 Å². The zero-order valence-corrected chi connectivity index (χ0v) is 13.7. The molecule has 2 N–H and O–H groups in total. The molecule has 3 rings (SSSR count). The lowest BCUT2D eigenvalue weighted by Gasteiger charge is -2.34. The van der Waals surface area contributed by atoms with Crippen LogP contribution in [0.1, 0.15) is 52.9 Å². The smallest absolute Gasteiger partial charge is 0.306 e. The molecular formula is C17H28O5. The van der Waals surface area contributed by atoms with Crippen molar-refractivity contribution in [2.45, 2.75) is 82.9 Å². The zero-order chi connectivity index (χ0) is 16.1. The molecule has 3 aliphatic rings. The molecule has 0 aromatic heterocycles. The molecule has 0 saturated carbocycles. The quantitative estimate of drug-likeness (QED) is 0.786. The Morgan fingerprint density at radius 1 is 1.18 bits per heavy atom. The summed E-state index contributed by atoms with van der Waals surface area (Å²) in [6, 6.07) is 0. The predicted molar refractivity (Wildman–Crippen MR) is 80.5 cm³/mol. The third-order valence-electron chi connectivity index (χ3n) is 5.83. The van der Waals surface area contributed by atoms with Gasteiger partial charge in [0.1, 0.15) is 0 Å². The van der Waals surface area contributed by atoms with Crippen LogP contribution in [-0.2, 0) is 14.3 Å². The molecule has 8 atom stereocenters. The Labute approximate surface area is 132 Å². The SMILES string of the molecule is CCC1OC(CC)C2C3OC(CC3CC(C)(O)CC(=O)O)C12. The molecule has 5 heteroatoms. The highest BCUT2D eigenvalue weighted by Gasteiger charge is 2.62. The predicted octanol–water partition coefficient (Wildman–Crippen LogP) is 2.21. The second kappa shape index (κ2) is 5.77. The van der Waals surface area contributed by atoms with Gasteiger partial charge in [-0.1, -0.05) is 13.8 Å². The topological polar surface area (TPSA) is 76.0 Å². The Hall–Kier alpha value is -0.650. The van der Waals surface area contributed by atoms with Crippen LogP contribution in [-0.4, -0.2) is 46.2 Å². The number of rotatable bonds is 6. The van der Waals surface area contributed by atoms with E-state index >= 15 is 0 Å². The number of carbonyl (C=O) groups is 1. The summed E-state index contributed by atoms with van der Waals surface area (Å²) in [4.78, 5) is 10.9. The lowest BCUT2D eigenvalue weighted by atomic mass is 9.68. The normalized spacial score (nSPS) is 45.7. The van der Waals surface area contributed by atoms with E-state index in [-0.39, 0.29) is 30.7 Å². The van der Waals surface area contributed by atoms with Gasteiger partial charge in [-0.15, -0.1) is 0 Å². The number of carboxylic acid groups (broad SMARTS) is 1. The van der Waals surface area contributed by atoms with Gasteiger partial charge < -0.3 is 19.7 Å². The summed E-state index contributed by atoms with van der Waals surface area (Å²) in [6.07, 6.45) is 4.12. The van der Waals surface area contributed by atoms with E-state index in [1.807, 2.05) is 0 Å². The van der Waals surface area contributed by atoms with E-state index in [0.29, 0.717) is 24.4 Å². The number of hydrogen-bond acceptors (Lipinski definition) is 4. The van der Waals surface area contributed by atoms with Gasteiger partial charge in [-0.05, 0) is 38.5 Å². The molecule has 0 aromatic carbocycles. The Bertz CT molecular complexity index is 435. The van der Waals surface area contributed by atoms with Crippen molar-refractivity contribution in [3.8, 4) is 0 Å². The van der Waals surface area contributed by atoms with Gasteiger partial charge in [-0.3, -0.25) is 4.79 Å². The molecule has 3 saturated heterocycles. The first-order valence-corrected chi connectivity index (χ1v) is 8.61. The first kappa shape index (κ1) is 16.2. The minimum atomic E-state index is -1.16. The largest absolute Gasteiger partial charge is 0.481 e. The second-order valence-electron chi connectivity index (χ2n) is 7.59. The van der Waals surface area contributed by atoms with Gasteiger partial charge in [0.15, 0.2) is 0 Å². The molecule has 0 radical (unpaired) electrons. The molecule has 0 aromatic rings. The Kier molecular flexibility index (Phi) is 4.25. The molecule has 0 spiro atoms. The summed E-state index contributed by atoms with van der Waals surface area (Å²) in [5, 5.41) is 19.3. The monoisotopic (exact) mass is 312 g/mol. The number of aliphatic carboxylic acids is 1. The van der Waals surface area contributed by atoms with Crippen LogP contribution < -0.4 is 0 Å². The summed E-state index contributed by atoms with van der Waals surface area (Å²) in [5.41, 5.74) is -1.16. The average Bonchev–Trinajstić information content (AvgIpc) is 3.05. The summed E-state index contributed by atoms with van der Waals surface area (Å²) < 4.78 is 12.4. The van der Waals surface area contributed by atoms with Crippen molar-refractivity contribution in [2.24, 2.45) is 17.8 Å². The Morgan fingerprint density at radius 3 is 2.41 bits per heavy atom. The highest BCUT2D eigenvalue weighted by atomic mass is 16.5. The summed E-state index contributed by atoms with van der Waals surface area (Å²) >= 11 is 0. The average molecular weight is 312 g/mol. The first-order valence-electron chi connectivity index (χ1n) is 8.61. The fourth-order valence-electron chi connectivity index (χ4n) is 5.17. The minimum Gasteiger partial charge on any atom is -0.481 e. The van der Waals surface area contributed by atoms with Crippen molar-refractivity contribution < 1.29 is 24.5 Å². The molecule has 8 unspecified atom stereocenters. The molecular weight excluding hydrogens is 284 g/mol. The van der Waals surface area contributed by atoms with Gasteiger partial charge in [0.25, 0.3) is 0 Å². The van der Waals surface area contributed by atoms with E-state index in [1.54, 1.807) is 6.92 Å². The Morgan fingerprint density at radius 2 is 1.82 bits per heavy atom. The van der Waals surface area contributed by atoms with Crippen LogP contribution in [0.25, 0.3) is 0 Å². The number of aliphatic hydroxyl groups is 1. The number of carboxylic acids is 1. The van der Waals surface area contributed by atoms with Crippen molar-refractivity contribution in [3.63, 3.8) is 0 Å². The highest BCUT2D eigenvalue weighted by molar-refractivity contribution is 5.68. The summed E-state index contributed by atoms with van der Waals surface area (Å²) in [7, 11) is 0. The van der Waals surface area contributed by atoms with Gasteiger partial charge in [-0.25, -0.2) is 0 Å². The van der Waals surface area contributed by atoms with Gasteiger partial charge in [0.2, 0.25) is 0 Å². The second-order valence-corrected chi connectivity index (χ2v) is 7.59. The van der Waals surface area contributed by atoms with Gasteiger partial charge in [0, 0.05) is 11.8 Å². The van der Waals surface area contributed by atoms with E-state index in [1.165, 1.54) is 0 Å². The standard InChI is InChI=1S/C17H28O5/c1-4-10-14-12-6-9(7-17(3,20)8-13(18)19)16(22-12)15(14)11(5-2)21-10/h9-12,14-16,20H,4-8H2,1-3H3,(H,18,19). The lowest BCUT2D eigenvalue weighted by molar-refractivity contribution is -0.142. The molecule has 2 bridgehead atoms. The zero-order valence-electron chi connectivity index (χ0n) is 13.7. The van der Waals surface area contributed by atoms with Gasteiger partial charge >= 0.3 is 5.97 Å². The molecule has 5 nitrogen and oxygen atoms in total. The van der Waals surface area contributed by atoms with Crippen molar-refractivity contribution in [1.29, 1.82) is 0 Å². The molecule has 0 amide bonds. The van der Waals surface area contributed by atoms with Crippen LogP contribution in [0.5, 0.6) is 0 Å². The molecule has 0 aliphatic carbocycles. The maximum atomic E-state index is 10.9. The third kappa shape index (κ3) is 2.68. The van der Waals surface area contributed by atoms with E-state index in [4.69, 9.17) is 14.6 Å². The number of ether oxygens (including phenoxy) is 2. The third-order valence-corrected chi connectivity index (χ3v) is 5.83. The maximum Gasteiger partial charge on any atom is 0.306 e. The van der Waals surface area contributed by atoms with E-state index in [2.05, 4.69) is 13.8 Å². The maximum absolute atomic E-state index is 10.9. The summed E-state index contributed by atoms with van der Waals surface area (Å²) in [5.74, 6) is 0.197. The van der Waals surface area contributed by atoms with Crippen LogP contribution in [0, 0.1) is 17.8 Å². The lowest BCUT2D eigenvalue weighted by Crippen LogP contribution is -2.41. The van der Waals surface area contributed by atoms with E-state index < -0.39 is 11.6 Å². The van der Waals surface area contributed by atoms with E-state index in [0.717, 1.165) is 19.3 Å². The summed E-state index contributed by atoms with van der Waals surface area (Å²) in [6.45, 7) is 5.95. The van der Waals surface area contributed by atoms with Crippen molar-refractivity contribution in [2.75, 3.05) is 0 Å². The number of fused-ring (bicyclic) bond motifs is 5. The van der Waals surface area contributed by atoms with Crippen LogP contribution >= 0.6 is 0 Å². The highest BCUT2D eigenvalue weighted by Crippen LogP contribution is 2.56. The van der Waals surface area contributed by atoms with Crippen LogP contribution in [0.15, 0.2) is 0 Å². The molecule has 3 fully saturated rings. The van der Waals surface area contributed by atoms with Gasteiger partial charge in [-0.2, -0.15) is 0 Å². The molecule has 22 heavy (non-hydrogen) atoms. The molecule has 3 aliphatic heterocycles. The van der Waals surface area contributed by atoms with Crippen molar-refractivity contribution >= 4 is 5.97 Å². The number of hydrogen-bond donors (Lipinski definition) is 2. The Balaban J connectivity index is 1.71. The minimum absolute atomic E-state index is 0.122. The van der Waals surface area contributed by atoms with Crippen LogP contribution in [0.2, 0.25) is 0 Å².